The van der Waals surface area contributed by atoms with Gasteiger partial charge in [-0.3, -0.25) is 0 Å². The topological polar surface area (TPSA) is 29.5 Å². The van der Waals surface area contributed by atoms with Gasteiger partial charge in [-0.1, -0.05) is 13.8 Å². The van der Waals surface area contributed by atoms with Crippen molar-refractivity contribution in [2.24, 2.45) is 11.3 Å². The molecular formula is C10H18O2. The fraction of sp³-hybridized carbons (Fsp3) is 1.00. The lowest BCUT2D eigenvalue weighted by atomic mass is 9.80. The second-order valence-corrected chi connectivity index (χ2v) is 4.23. The Labute approximate surface area is 73.9 Å². The third-order valence-electron chi connectivity index (χ3n) is 4.12. The maximum Gasteiger partial charge on any atom is 0.0758 e. The largest absolute Gasteiger partial charge is 0.396 e. The molecule has 2 unspecified atom stereocenters. The summed E-state index contributed by atoms with van der Waals surface area (Å²) in [7, 11) is 0. The summed E-state index contributed by atoms with van der Waals surface area (Å²) in [5.41, 5.74) is 0.156. The summed E-state index contributed by atoms with van der Waals surface area (Å²) in [6, 6.07) is 0. The summed E-state index contributed by atoms with van der Waals surface area (Å²) in [4.78, 5) is 0. The molecule has 0 aromatic rings. The second kappa shape index (κ2) is 2.46. The van der Waals surface area contributed by atoms with Gasteiger partial charge in [0, 0.05) is 5.41 Å². The lowest BCUT2D eigenvalue weighted by Gasteiger charge is -2.35. The molecule has 2 nitrogen and oxygen atoms in total. The van der Waals surface area contributed by atoms with Crippen LogP contribution >= 0.6 is 0 Å². The van der Waals surface area contributed by atoms with Gasteiger partial charge in [-0.15, -0.1) is 0 Å². The van der Waals surface area contributed by atoms with Crippen molar-refractivity contribution in [3.8, 4) is 0 Å². The van der Waals surface area contributed by atoms with Crippen molar-refractivity contribution in [1.82, 2.24) is 0 Å². The van der Waals surface area contributed by atoms with Crippen LogP contribution in [0.25, 0.3) is 0 Å². The van der Waals surface area contributed by atoms with Crippen LogP contribution in [0.1, 0.15) is 33.1 Å². The van der Waals surface area contributed by atoms with Crippen LogP contribution in [0.15, 0.2) is 0 Å². The molecule has 2 aliphatic rings. The first kappa shape index (κ1) is 8.52. The van der Waals surface area contributed by atoms with Crippen LogP contribution in [0.5, 0.6) is 0 Å². The molecule has 0 aromatic heterocycles. The Morgan fingerprint density at radius 3 is 2.42 bits per heavy atom. The first-order valence-corrected chi connectivity index (χ1v) is 4.99. The highest BCUT2D eigenvalue weighted by Gasteiger charge is 2.70. The van der Waals surface area contributed by atoms with Crippen molar-refractivity contribution in [3.05, 3.63) is 0 Å². The molecule has 12 heavy (non-hydrogen) atoms. The van der Waals surface area contributed by atoms with Gasteiger partial charge in [-0.2, -0.15) is 0 Å². The highest BCUT2D eigenvalue weighted by molar-refractivity contribution is 5.17. The average Bonchev–Trinajstić information content (AvgIpc) is 2.78. The van der Waals surface area contributed by atoms with E-state index >= 15 is 0 Å². The normalized spacial score (nSPS) is 42.8. The molecule has 1 saturated carbocycles. The summed E-state index contributed by atoms with van der Waals surface area (Å²) in [5, 5.41) is 9.38. The molecule has 0 amide bonds. The van der Waals surface area contributed by atoms with Crippen molar-refractivity contribution in [2.75, 3.05) is 13.2 Å². The van der Waals surface area contributed by atoms with Crippen molar-refractivity contribution in [1.29, 1.82) is 0 Å². The minimum Gasteiger partial charge on any atom is -0.396 e. The van der Waals surface area contributed by atoms with E-state index in [2.05, 4.69) is 13.8 Å². The van der Waals surface area contributed by atoms with E-state index in [1.54, 1.807) is 0 Å². The minimum atomic E-state index is 0.00637. The molecule has 0 bridgehead atoms. The first-order chi connectivity index (χ1) is 5.74. The van der Waals surface area contributed by atoms with E-state index < -0.39 is 0 Å². The van der Waals surface area contributed by atoms with Crippen LogP contribution in [0.2, 0.25) is 0 Å². The van der Waals surface area contributed by atoms with Crippen molar-refractivity contribution >= 4 is 0 Å². The van der Waals surface area contributed by atoms with Crippen molar-refractivity contribution in [3.63, 3.8) is 0 Å². The van der Waals surface area contributed by atoms with Gasteiger partial charge in [-0.05, 0) is 25.2 Å². The Kier molecular flexibility index (Phi) is 1.74. The summed E-state index contributed by atoms with van der Waals surface area (Å²) in [6.07, 6.45) is 3.27. The SMILES string of the molecule is CCC1(CC)OCC2CC21CO. The summed E-state index contributed by atoms with van der Waals surface area (Å²) in [5.74, 6) is 0.655. The fourth-order valence-corrected chi connectivity index (χ4v) is 3.06. The highest BCUT2D eigenvalue weighted by atomic mass is 16.5. The maximum absolute atomic E-state index is 9.38. The van der Waals surface area contributed by atoms with E-state index in [0.29, 0.717) is 12.5 Å². The van der Waals surface area contributed by atoms with Gasteiger partial charge < -0.3 is 9.84 Å². The summed E-state index contributed by atoms with van der Waals surface area (Å²) < 4.78 is 5.84. The predicted molar refractivity (Wildman–Crippen MR) is 46.9 cm³/mol. The number of aliphatic hydroxyl groups excluding tert-OH is 1. The molecule has 0 radical (unpaired) electrons. The predicted octanol–water partition coefficient (Wildman–Crippen LogP) is 1.57. The summed E-state index contributed by atoms with van der Waals surface area (Å²) in [6.45, 7) is 5.53. The van der Waals surface area contributed by atoms with E-state index in [-0.39, 0.29) is 11.0 Å². The van der Waals surface area contributed by atoms with E-state index in [1.807, 2.05) is 0 Å². The number of aliphatic hydroxyl groups is 1. The lowest BCUT2D eigenvalue weighted by molar-refractivity contribution is -0.0736. The molecule has 1 saturated heterocycles. The molecular weight excluding hydrogens is 152 g/mol. The van der Waals surface area contributed by atoms with Gasteiger partial charge in [0.15, 0.2) is 0 Å². The van der Waals surface area contributed by atoms with Gasteiger partial charge in [0.05, 0.1) is 18.8 Å². The van der Waals surface area contributed by atoms with Crippen LogP contribution in [-0.2, 0) is 4.74 Å². The monoisotopic (exact) mass is 170 g/mol. The summed E-state index contributed by atoms with van der Waals surface area (Å²) >= 11 is 0. The van der Waals surface area contributed by atoms with E-state index in [1.165, 1.54) is 6.42 Å². The quantitative estimate of drug-likeness (QED) is 0.696. The molecule has 1 aliphatic carbocycles. The van der Waals surface area contributed by atoms with Crippen LogP contribution in [0.3, 0.4) is 0 Å². The molecule has 2 fully saturated rings. The van der Waals surface area contributed by atoms with Crippen LogP contribution < -0.4 is 0 Å². The van der Waals surface area contributed by atoms with E-state index in [4.69, 9.17) is 4.74 Å². The third kappa shape index (κ3) is 0.728. The molecule has 0 spiro atoms. The number of hydrogen-bond donors (Lipinski definition) is 1. The Morgan fingerprint density at radius 2 is 2.08 bits per heavy atom. The zero-order chi connectivity index (χ0) is 8.82. The molecule has 2 rings (SSSR count). The number of hydrogen-bond acceptors (Lipinski definition) is 2. The van der Waals surface area contributed by atoms with Crippen LogP contribution in [0, 0.1) is 11.3 Å². The Balaban J connectivity index is 2.24. The molecule has 2 atom stereocenters. The maximum atomic E-state index is 9.38. The second-order valence-electron chi connectivity index (χ2n) is 4.23. The third-order valence-corrected chi connectivity index (χ3v) is 4.12. The van der Waals surface area contributed by atoms with E-state index in [0.717, 1.165) is 19.4 Å². The molecule has 1 heterocycles. The Morgan fingerprint density at radius 1 is 1.42 bits per heavy atom. The lowest BCUT2D eigenvalue weighted by Crippen LogP contribution is -2.40. The molecule has 0 aromatic carbocycles. The van der Waals surface area contributed by atoms with Crippen LogP contribution in [0.4, 0.5) is 0 Å². The van der Waals surface area contributed by atoms with Crippen molar-refractivity contribution < 1.29 is 9.84 Å². The molecule has 1 aliphatic heterocycles. The Hall–Kier alpha value is -0.0800. The number of ether oxygens (including phenoxy) is 1. The fourth-order valence-electron chi connectivity index (χ4n) is 3.06. The standard InChI is InChI=1S/C10H18O2/c1-3-10(4-2)9(7-11)5-8(9)6-12-10/h8,11H,3-7H2,1-2H3. The Bertz CT molecular complexity index is 182. The van der Waals surface area contributed by atoms with Gasteiger partial charge in [0.25, 0.3) is 0 Å². The minimum absolute atomic E-state index is 0.00637. The molecule has 1 N–H and O–H groups in total. The first-order valence-electron chi connectivity index (χ1n) is 4.99. The number of rotatable bonds is 3. The zero-order valence-electron chi connectivity index (χ0n) is 7.97. The van der Waals surface area contributed by atoms with Crippen molar-refractivity contribution in [2.45, 2.75) is 38.7 Å². The van der Waals surface area contributed by atoms with Crippen LogP contribution in [-0.4, -0.2) is 23.9 Å². The number of fused-ring (bicyclic) bond motifs is 1. The van der Waals surface area contributed by atoms with Gasteiger partial charge >= 0.3 is 0 Å². The molecule has 2 heteroatoms. The van der Waals surface area contributed by atoms with Gasteiger partial charge in [0.2, 0.25) is 0 Å². The highest BCUT2D eigenvalue weighted by Crippen LogP contribution is 2.67. The average molecular weight is 170 g/mol. The van der Waals surface area contributed by atoms with Gasteiger partial charge in [-0.25, -0.2) is 0 Å². The van der Waals surface area contributed by atoms with Gasteiger partial charge in [0.1, 0.15) is 0 Å². The zero-order valence-corrected chi connectivity index (χ0v) is 7.97. The van der Waals surface area contributed by atoms with E-state index in [9.17, 15) is 5.11 Å². The molecule has 70 valence electrons. The smallest absolute Gasteiger partial charge is 0.0758 e.